The Kier molecular flexibility index (Phi) is 8.81. The van der Waals surface area contributed by atoms with Crippen molar-refractivity contribution in [3.63, 3.8) is 0 Å². The van der Waals surface area contributed by atoms with Crippen LogP contribution in [0.2, 0.25) is 0 Å². The van der Waals surface area contributed by atoms with Gasteiger partial charge in [-0.3, -0.25) is 14.9 Å². The second-order valence-corrected chi connectivity index (χ2v) is 12.3. The monoisotopic (exact) mass is 540 g/mol. The second-order valence-electron chi connectivity index (χ2n) is 10.3. The number of benzene rings is 2. The molecule has 0 aliphatic heterocycles. The van der Waals surface area contributed by atoms with Crippen LogP contribution in [0.1, 0.15) is 52.5 Å². The first-order chi connectivity index (χ1) is 19.0. The zero-order valence-electron chi connectivity index (χ0n) is 22.5. The third kappa shape index (κ3) is 6.98. The third-order valence-electron chi connectivity index (χ3n) is 7.45. The molecule has 6 nitrogen and oxygen atoms in total. The van der Waals surface area contributed by atoms with Crippen LogP contribution in [-0.2, 0) is 35.9 Å². The predicted octanol–water partition coefficient (Wildman–Crippen LogP) is 5.43. The summed E-state index contributed by atoms with van der Waals surface area (Å²) in [5.74, 6) is 0.0754. The maximum atomic E-state index is 13.3. The zero-order valence-corrected chi connectivity index (χ0v) is 23.3. The SMILES string of the molecule is Cc1ccccc1S(=O)(=O)CCN(Cc1ccc(CNCc2ccccn2)cc1)C1CCCc2cccnc21. The van der Waals surface area contributed by atoms with Gasteiger partial charge < -0.3 is 5.32 Å². The summed E-state index contributed by atoms with van der Waals surface area (Å²) in [6, 6.07) is 26.0. The molecule has 0 spiro atoms. The number of aromatic nitrogens is 2. The molecular weight excluding hydrogens is 504 g/mol. The Morgan fingerprint density at radius 3 is 2.44 bits per heavy atom. The number of hydrogen-bond donors (Lipinski definition) is 1. The molecule has 202 valence electrons. The molecule has 2 heterocycles. The van der Waals surface area contributed by atoms with Crippen molar-refractivity contribution < 1.29 is 8.42 Å². The average Bonchev–Trinajstić information content (AvgIpc) is 2.96. The Bertz CT molecular complexity index is 1470. The van der Waals surface area contributed by atoms with Crippen LogP contribution < -0.4 is 5.32 Å². The highest BCUT2D eigenvalue weighted by atomic mass is 32.2. The number of sulfone groups is 1. The smallest absolute Gasteiger partial charge is 0.179 e. The van der Waals surface area contributed by atoms with Crippen LogP contribution in [0, 0.1) is 6.92 Å². The molecule has 1 atom stereocenters. The van der Waals surface area contributed by atoms with Crippen LogP contribution in [0.3, 0.4) is 0 Å². The van der Waals surface area contributed by atoms with Crippen molar-refractivity contribution in [2.45, 2.75) is 56.8 Å². The topological polar surface area (TPSA) is 75.2 Å². The maximum absolute atomic E-state index is 13.3. The minimum atomic E-state index is -3.41. The van der Waals surface area contributed by atoms with E-state index in [1.165, 1.54) is 16.7 Å². The van der Waals surface area contributed by atoms with Crippen LogP contribution >= 0.6 is 0 Å². The molecule has 4 aromatic rings. The van der Waals surface area contributed by atoms with Gasteiger partial charge >= 0.3 is 0 Å². The van der Waals surface area contributed by atoms with E-state index in [4.69, 9.17) is 4.98 Å². The van der Waals surface area contributed by atoms with Gasteiger partial charge in [0.15, 0.2) is 9.84 Å². The summed E-state index contributed by atoms with van der Waals surface area (Å²) in [5.41, 5.74) is 6.54. The first-order valence-electron chi connectivity index (χ1n) is 13.6. The Morgan fingerprint density at radius 1 is 0.872 bits per heavy atom. The summed E-state index contributed by atoms with van der Waals surface area (Å²) in [6.07, 6.45) is 6.74. The van der Waals surface area contributed by atoms with E-state index in [0.717, 1.165) is 49.3 Å². The fraction of sp³-hybridized carbons (Fsp3) is 0.312. The average molecular weight is 541 g/mol. The molecule has 5 rings (SSSR count). The van der Waals surface area contributed by atoms with Crippen LogP contribution in [0.4, 0.5) is 0 Å². The van der Waals surface area contributed by atoms with Gasteiger partial charge in [-0.25, -0.2) is 8.42 Å². The largest absolute Gasteiger partial charge is 0.307 e. The standard InChI is InChI=1S/C32H36N4O2S/c1-25-8-2-3-13-31(25)39(37,38)21-20-36(30-12-6-9-28-10-7-19-35-32(28)30)24-27-16-14-26(15-17-27)22-33-23-29-11-4-5-18-34-29/h2-5,7-8,10-11,13-19,30,33H,6,9,12,20-24H2,1H3. The van der Waals surface area contributed by atoms with Gasteiger partial charge in [0.1, 0.15) is 0 Å². The number of nitrogens with zero attached hydrogens (tertiary/aromatic N) is 3. The highest BCUT2D eigenvalue weighted by Gasteiger charge is 2.29. The number of hydrogen-bond acceptors (Lipinski definition) is 6. The normalized spacial score (nSPS) is 15.3. The van der Waals surface area contributed by atoms with Crippen LogP contribution in [0.25, 0.3) is 0 Å². The van der Waals surface area contributed by atoms with E-state index < -0.39 is 9.84 Å². The fourth-order valence-electron chi connectivity index (χ4n) is 5.37. The molecule has 0 fully saturated rings. The van der Waals surface area contributed by atoms with Gasteiger partial charge in [-0.1, -0.05) is 54.6 Å². The van der Waals surface area contributed by atoms with Crippen LogP contribution in [0.15, 0.2) is 96.2 Å². The Morgan fingerprint density at radius 2 is 1.64 bits per heavy atom. The van der Waals surface area contributed by atoms with Crippen LogP contribution in [-0.4, -0.2) is 35.6 Å². The van der Waals surface area contributed by atoms with E-state index in [1.54, 1.807) is 12.1 Å². The van der Waals surface area contributed by atoms with Gasteiger partial charge in [0, 0.05) is 38.6 Å². The van der Waals surface area contributed by atoms with Gasteiger partial charge in [0.2, 0.25) is 0 Å². The van der Waals surface area contributed by atoms with Crippen molar-refractivity contribution in [1.82, 2.24) is 20.2 Å². The maximum Gasteiger partial charge on any atom is 0.179 e. The molecule has 39 heavy (non-hydrogen) atoms. The van der Waals surface area contributed by atoms with Gasteiger partial charge in [0.25, 0.3) is 0 Å². The quantitative estimate of drug-likeness (QED) is 0.274. The summed E-state index contributed by atoms with van der Waals surface area (Å²) in [6.45, 7) is 4.46. The van der Waals surface area contributed by atoms with Crippen LogP contribution in [0.5, 0.6) is 0 Å². The molecule has 1 aliphatic rings. The Hall–Kier alpha value is -3.39. The molecule has 0 saturated heterocycles. The lowest BCUT2D eigenvalue weighted by Crippen LogP contribution is -2.35. The van der Waals surface area contributed by atoms with Gasteiger partial charge in [-0.2, -0.15) is 0 Å². The molecule has 0 radical (unpaired) electrons. The van der Waals surface area contributed by atoms with E-state index in [9.17, 15) is 8.42 Å². The lowest BCUT2D eigenvalue weighted by atomic mass is 9.90. The summed E-state index contributed by atoms with van der Waals surface area (Å²) >= 11 is 0. The molecule has 7 heteroatoms. The van der Waals surface area contributed by atoms with Crippen molar-refractivity contribution in [3.05, 3.63) is 125 Å². The molecule has 2 aromatic carbocycles. The van der Waals surface area contributed by atoms with Crippen molar-refractivity contribution >= 4 is 9.84 Å². The highest BCUT2D eigenvalue weighted by molar-refractivity contribution is 7.91. The van der Waals surface area contributed by atoms with Gasteiger partial charge in [-0.05, 0) is 72.7 Å². The van der Waals surface area contributed by atoms with Crippen molar-refractivity contribution in [1.29, 1.82) is 0 Å². The van der Waals surface area contributed by atoms with E-state index in [2.05, 4.69) is 45.5 Å². The first-order valence-corrected chi connectivity index (χ1v) is 15.3. The number of nitrogens with one attached hydrogen (secondary N) is 1. The molecule has 0 saturated carbocycles. The summed E-state index contributed by atoms with van der Waals surface area (Å²) < 4.78 is 26.7. The second kappa shape index (κ2) is 12.6. The van der Waals surface area contributed by atoms with E-state index >= 15 is 0 Å². The number of rotatable bonds is 11. The lowest BCUT2D eigenvalue weighted by molar-refractivity contribution is 0.176. The lowest BCUT2D eigenvalue weighted by Gasteiger charge is -2.35. The molecule has 2 aromatic heterocycles. The van der Waals surface area contributed by atoms with Crippen molar-refractivity contribution in [3.8, 4) is 0 Å². The Balaban J connectivity index is 1.30. The number of aryl methyl sites for hydroxylation is 2. The first kappa shape index (κ1) is 27.2. The van der Waals surface area contributed by atoms with E-state index in [1.807, 2.05) is 55.7 Å². The fourth-order valence-corrected chi connectivity index (χ4v) is 6.91. The minimum absolute atomic E-state index is 0.0754. The minimum Gasteiger partial charge on any atom is -0.307 e. The third-order valence-corrected chi connectivity index (χ3v) is 9.30. The van der Waals surface area contributed by atoms with Gasteiger partial charge in [0.05, 0.1) is 28.1 Å². The molecule has 0 amide bonds. The summed E-state index contributed by atoms with van der Waals surface area (Å²) in [4.78, 5) is 11.8. The van der Waals surface area contributed by atoms with Gasteiger partial charge in [-0.15, -0.1) is 0 Å². The number of fused-ring (bicyclic) bond motifs is 1. The summed E-state index contributed by atoms with van der Waals surface area (Å²) in [5, 5.41) is 3.45. The zero-order chi connectivity index (χ0) is 27.1. The number of pyridine rings is 2. The van der Waals surface area contributed by atoms with E-state index in [0.29, 0.717) is 18.0 Å². The Labute approximate surface area is 232 Å². The molecule has 1 unspecified atom stereocenters. The van der Waals surface area contributed by atoms with Crippen molar-refractivity contribution in [2.24, 2.45) is 0 Å². The van der Waals surface area contributed by atoms with Crippen molar-refractivity contribution in [2.75, 3.05) is 12.3 Å². The molecule has 1 N–H and O–H groups in total. The summed E-state index contributed by atoms with van der Waals surface area (Å²) in [7, 11) is -3.41. The molecular formula is C32H36N4O2S. The highest BCUT2D eigenvalue weighted by Crippen LogP contribution is 2.34. The predicted molar refractivity (Wildman–Crippen MR) is 155 cm³/mol. The molecule has 0 bridgehead atoms. The molecule has 1 aliphatic carbocycles. The van der Waals surface area contributed by atoms with E-state index in [-0.39, 0.29) is 11.8 Å².